The number of carbonyl (C=O) groups excluding carboxylic acids is 2. The Hall–Kier alpha value is -1.32. The maximum absolute atomic E-state index is 10.5. The van der Waals surface area contributed by atoms with Crippen molar-refractivity contribution in [1.29, 1.82) is 0 Å². The summed E-state index contributed by atoms with van der Waals surface area (Å²) < 4.78 is 9.70. The molecule has 1 rings (SSSR count). The Morgan fingerprint density at radius 3 is 1.57 bits per heavy atom. The molecule has 0 bridgehead atoms. The number of ether oxygens (including phenoxy) is 2. The monoisotopic (exact) mass is 198 g/mol. The molecule has 78 valence electrons. The van der Waals surface area contributed by atoms with Crippen LogP contribution < -0.4 is 0 Å². The van der Waals surface area contributed by atoms with Gasteiger partial charge in [0.15, 0.2) is 0 Å². The zero-order valence-corrected chi connectivity index (χ0v) is 8.36. The average molecular weight is 198 g/mol. The fraction of sp³-hybridized carbons (Fsp3) is 0.600. The summed E-state index contributed by atoms with van der Waals surface area (Å²) in [5.74, 6) is -0.176. The van der Waals surface area contributed by atoms with Gasteiger partial charge in [0.2, 0.25) is 0 Å². The summed E-state index contributed by atoms with van der Waals surface area (Å²) in [6.07, 6.45) is 3.91. The van der Waals surface area contributed by atoms with E-state index < -0.39 is 0 Å². The van der Waals surface area contributed by atoms with Crippen LogP contribution in [0.3, 0.4) is 0 Å². The van der Waals surface area contributed by atoms with E-state index in [-0.39, 0.29) is 23.8 Å². The smallest absolute Gasteiger partial charge is 0.302 e. The van der Waals surface area contributed by atoms with Crippen molar-refractivity contribution in [1.82, 2.24) is 0 Å². The van der Waals surface area contributed by atoms with E-state index in [0.29, 0.717) is 13.2 Å². The fourth-order valence-electron chi connectivity index (χ4n) is 1.21. The van der Waals surface area contributed by atoms with Crippen LogP contribution in [-0.2, 0) is 19.1 Å². The molecule has 1 aliphatic carbocycles. The molecule has 0 aliphatic heterocycles. The molecule has 0 radical (unpaired) electrons. The van der Waals surface area contributed by atoms with E-state index >= 15 is 0 Å². The predicted molar refractivity (Wildman–Crippen MR) is 49.4 cm³/mol. The second-order valence-electron chi connectivity index (χ2n) is 3.32. The third-order valence-corrected chi connectivity index (χ3v) is 2.11. The third kappa shape index (κ3) is 3.20. The lowest BCUT2D eigenvalue weighted by Crippen LogP contribution is -2.29. The fourth-order valence-corrected chi connectivity index (χ4v) is 1.21. The van der Waals surface area contributed by atoms with Crippen molar-refractivity contribution in [3.8, 4) is 0 Å². The first-order valence-electron chi connectivity index (χ1n) is 4.54. The quantitative estimate of drug-likeness (QED) is 0.497. The van der Waals surface area contributed by atoms with Gasteiger partial charge < -0.3 is 9.47 Å². The van der Waals surface area contributed by atoms with Gasteiger partial charge in [-0.05, 0) is 0 Å². The maximum Gasteiger partial charge on any atom is 0.302 e. The van der Waals surface area contributed by atoms with Crippen molar-refractivity contribution < 1.29 is 19.1 Å². The normalized spacial score (nSPS) is 23.9. The standard InChI is InChI=1S/C10H14O4/c1-7(11)13-5-9-3-4-10(9)6-14-8(2)12/h3-4,9-10H,5-6H2,1-2H3/t9-,10-/m1/s1. The molecule has 4 heteroatoms. The number of carbonyl (C=O) groups is 2. The lowest BCUT2D eigenvalue weighted by molar-refractivity contribution is -0.146. The Morgan fingerprint density at radius 2 is 1.36 bits per heavy atom. The van der Waals surface area contributed by atoms with Gasteiger partial charge in [-0.15, -0.1) is 0 Å². The molecule has 0 aromatic heterocycles. The van der Waals surface area contributed by atoms with Crippen LogP contribution in [0, 0.1) is 11.8 Å². The SMILES string of the molecule is CC(=O)OC[C@H]1C=C[C@@H]1COC(C)=O. The van der Waals surface area contributed by atoms with Crippen molar-refractivity contribution in [2.75, 3.05) is 13.2 Å². The number of hydrogen-bond acceptors (Lipinski definition) is 4. The highest BCUT2D eigenvalue weighted by molar-refractivity contribution is 5.66. The third-order valence-electron chi connectivity index (χ3n) is 2.11. The van der Waals surface area contributed by atoms with Crippen LogP contribution in [0.2, 0.25) is 0 Å². The summed E-state index contributed by atoms with van der Waals surface area (Å²) in [5.41, 5.74) is 0. The van der Waals surface area contributed by atoms with Gasteiger partial charge in [-0.25, -0.2) is 0 Å². The molecular formula is C10H14O4. The zero-order chi connectivity index (χ0) is 10.6. The van der Waals surface area contributed by atoms with Crippen molar-refractivity contribution in [2.45, 2.75) is 13.8 Å². The van der Waals surface area contributed by atoms with Gasteiger partial charge in [0, 0.05) is 25.7 Å². The molecule has 0 N–H and O–H groups in total. The number of hydrogen-bond donors (Lipinski definition) is 0. The molecule has 1 aliphatic rings. The van der Waals surface area contributed by atoms with Crippen LogP contribution in [0.5, 0.6) is 0 Å². The average Bonchev–Trinajstić information content (AvgIpc) is 2.01. The van der Waals surface area contributed by atoms with E-state index in [1.807, 2.05) is 12.2 Å². The van der Waals surface area contributed by atoms with Crippen LogP contribution >= 0.6 is 0 Å². The van der Waals surface area contributed by atoms with Crippen molar-refractivity contribution in [3.05, 3.63) is 12.2 Å². The first-order valence-corrected chi connectivity index (χ1v) is 4.54. The van der Waals surface area contributed by atoms with E-state index in [0.717, 1.165) is 0 Å². The Kier molecular flexibility index (Phi) is 3.68. The topological polar surface area (TPSA) is 52.6 Å². The summed E-state index contributed by atoms with van der Waals surface area (Å²) in [6.45, 7) is 3.50. The predicted octanol–water partition coefficient (Wildman–Crippen LogP) is 0.915. The van der Waals surface area contributed by atoms with E-state index in [9.17, 15) is 9.59 Å². The summed E-state index contributed by atoms with van der Waals surface area (Å²) in [5, 5.41) is 0. The van der Waals surface area contributed by atoms with Gasteiger partial charge >= 0.3 is 11.9 Å². The highest BCUT2D eigenvalue weighted by Crippen LogP contribution is 2.25. The van der Waals surface area contributed by atoms with Gasteiger partial charge in [0.1, 0.15) is 0 Å². The number of esters is 2. The zero-order valence-electron chi connectivity index (χ0n) is 8.36. The van der Waals surface area contributed by atoms with E-state index in [1.54, 1.807) is 0 Å². The maximum atomic E-state index is 10.5. The molecule has 0 unspecified atom stereocenters. The highest BCUT2D eigenvalue weighted by atomic mass is 16.5. The molecule has 4 nitrogen and oxygen atoms in total. The molecule has 0 aromatic carbocycles. The van der Waals surface area contributed by atoms with Crippen LogP contribution in [-0.4, -0.2) is 25.2 Å². The molecular weight excluding hydrogens is 184 g/mol. The van der Waals surface area contributed by atoms with Gasteiger partial charge in [-0.1, -0.05) is 12.2 Å². The molecule has 0 saturated carbocycles. The van der Waals surface area contributed by atoms with Gasteiger partial charge in [0.25, 0.3) is 0 Å². The minimum Gasteiger partial charge on any atom is -0.465 e. The lowest BCUT2D eigenvalue weighted by atomic mass is 9.83. The summed E-state index contributed by atoms with van der Waals surface area (Å²) >= 11 is 0. The molecule has 0 saturated heterocycles. The van der Waals surface area contributed by atoms with Crippen molar-refractivity contribution in [3.63, 3.8) is 0 Å². The van der Waals surface area contributed by atoms with Gasteiger partial charge in [-0.2, -0.15) is 0 Å². The van der Waals surface area contributed by atoms with E-state index in [4.69, 9.17) is 9.47 Å². The van der Waals surface area contributed by atoms with Crippen molar-refractivity contribution >= 4 is 11.9 Å². The molecule has 0 spiro atoms. The van der Waals surface area contributed by atoms with Crippen LogP contribution in [0.15, 0.2) is 12.2 Å². The Morgan fingerprint density at radius 1 is 1.00 bits per heavy atom. The first kappa shape index (κ1) is 10.8. The molecule has 0 heterocycles. The van der Waals surface area contributed by atoms with Crippen molar-refractivity contribution in [2.24, 2.45) is 11.8 Å². The lowest BCUT2D eigenvalue weighted by Gasteiger charge is -2.28. The Labute approximate surface area is 82.9 Å². The Bertz CT molecular complexity index is 231. The van der Waals surface area contributed by atoms with Gasteiger partial charge in [-0.3, -0.25) is 9.59 Å². The molecule has 14 heavy (non-hydrogen) atoms. The minimum atomic E-state index is -0.281. The first-order chi connectivity index (χ1) is 6.59. The van der Waals surface area contributed by atoms with E-state index in [2.05, 4.69) is 0 Å². The highest BCUT2D eigenvalue weighted by Gasteiger charge is 2.25. The molecule has 0 fully saturated rings. The molecule has 2 atom stereocenters. The molecule has 0 amide bonds. The second-order valence-corrected chi connectivity index (χ2v) is 3.32. The Balaban J connectivity index is 2.19. The summed E-state index contributed by atoms with van der Waals surface area (Å²) in [4.78, 5) is 21.1. The summed E-state index contributed by atoms with van der Waals surface area (Å²) in [7, 11) is 0. The second kappa shape index (κ2) is 4.79. The number of rotatable bonds is 4. The van der Waals surface area contributed by atoms with Crippen LogP contribution in [0.25, 0.3) is 0 Å². The minimum absolute atomic E-state index is 0.193. The molecule has 0 aromatic rings. The van der Waals surface area contributed by atoms with Gasteiger partial charge in [0.05, 0.1) is 13.2 Å². The largest absolute Gasteiger partial charge is 0.465 e. The van der Waals surface area contributed by atoms with Crippen LogP contribution in [0.1, 0.15) is 13.8 Å². The van der Waals surface area contributed by atoms with E-state index in [1.165, 1.54) is 13.8 Å². The van der Waals surface area contributed by atoms with Crippen LogP contribution in [0.4, 0.5) is 0 Å². The summed E-state index contributed by atoms with van der Waals surface area (Å²) in [6, 6.07) is 0.